The number of unbranched alkanes of at least 4 members (excludes halogenated alkanes) is 26. The van der Waals surface area contributed by atoms with Crippen molar-refractivity contribution in [3.63, 3.8) is 0 Å². The topological polar surface area (TPSA) is 35.5 Å². The Morgan fingerprint density at radius 2 is 0.840 bits per heavy atom. The van der Waals surface area contributed by atoms with Gasteiger partial charge in [-0.15, -0.1) is 0 Å². The molecule has 0 saturated heterocycles. The minimum absolute atomic E-state index is 0.00911. The van der Waals surface area contributed by atoms with Crippen LogP contribution < -0.4 is 9.47 Å². The van der Waals surface area contributed by atoms with Gasteiger partial charge in [-0.2, -0.15) is 0 Å². The zero-order valence-electron chi connectivity index (χ0n) is 32.7. The second-order valence-electron chi connectivity index (χ2n) is 14.7. The SMILES string of the molecule is CCCCCCCCCCCCCCCCCCOc1cccc(C(=O)/C=C/c2ccc(OCCCCCCCCCCCCCC)cc2)c1. The zero-order chi connectivity index (χ0) is 35.6. The van der Waals surface area contributed by atoms with E-state index in [9.17, 15) is 4.79 Å². The Kier molecular flexibility index (Phi) is 28.2. The summed E-state index contributed by atoms with van der Waals surface area (Å²) in [5, 5.41) is 0. The highest BCUT2D eigenvalue weighted by atomic mass is 16.5. The third-order valence-corrected chi connectivity index (χ3v) is 9.96. The van der Waals surface area contributed by atoms with Crippen LogP contribution in [0.15, 0.2) is 54.6 Å². The lowest BCUT2D eigenvalue weighted by atomic mass is 10.0. The van der Waals surface area contributed by atoms with Crippen LogP contribution in [-0.2, 0) is 0 Å². The van der Waals surface area contributed by atoms with E-state index >= 15 is 0 Å². The molecule has 0 amide bonds. The first-order valence-electron chi connectivity index (χ1n) is 21.4. The number of hydrogen-bond donors (Lipinski definition) is 0. The van der Waals surface area contributed by atoms with Crippen molar-refractivity contribution in [1.29, 1.82) is 0 Å². The van der Waals surface area contributed by atoms with Crippen LogP contribution in [0.1, 0.15) is 210 Å². The van der Waals surface area contributed by atoms with E-state index in [0.717, 1.165) is 36.5 Å². The quantitative estimate of drug-likeness (QED) is 0.0411. The highest BCUT2D eigenvalue weighted by Crippen LogP contribution is 2.19. The Bertz CT molecular complexity index is 1070. The first-order valence-corrected chi connectivity index (χ1v) is 21.4. The lowest BCUT2D eigenvalue weighted by molar-refractivity contribution is 0.104. The number of carbonyl (C=O) groups excluding carboxylic acids is 1. The minimum atomic E-state index is -0.00911. The molecule has 0 aromatic heterocycles. The molecule has 3 nitrogen and oxygen atoms in total. The summed E-state index contributed by atoms with van der Waals surface area (Å²) in [4.78, 5) is 12.9. The molecule has 282 valence electrons. The zero-order valence-corrected chi connectivity index (χ0v) is 32.7. The molecule has 3 heteroatoms. The Labute approximate surface area is 309 Å². The van der Waals surface area contributed by atoms with Crippen LogP contribution in [0.4, 0.5) is 0 Å². The van der Waals surface area contributed by atoms with Crippen LogP contribution in [0.5, 0.6) is 11.5 Å². The number of allylic oxidation sites excluding steroid dienone is 1. The average molecular weight is 689 g/mol. The van der Waals surface area contributed by atoms with Crippen LogP contribution in [0.25, 0.3) is 6.08 Å². The molecule has 2 rings (SSSR count). The summed E-state index contributed by atoms with van der Waals surface area (Å²) < 4.78 is 11.9. The summed E-state index contributed by atoms with van der Waals surface area (Å²) >= 11 is 0. The summed E-state index contributed by atoms with van der Waals surface area (Å²) in [7, 11) is 0. The van der Waals surface area contributed by atoms with Crippen LogP contribution in [0.3, 0.4) is 0 Å². The van der Waals surface area contributed by atoms with E-state index < -0.39 is 0 Å². The van der Waals surface area contributed by atoms with Gasteiger partial charge in [-0.1, -0.05) is 211 Å². The van der Waals surface area contributed by atoms with E-state index in [1.165, 1.54) is 167 Å². The molecule has 0 fully saturated rings. The molecule has 0 aliphatic heterocycles. The second-order valence-corrected chi connectivity index (χ2v) is 14.7. The summed E-state index contributed by atoms with van der Waals surface area (Å²) in [5.74, 6) is 1.66. The maximum Gasteiger partial charge on any atom is 0.185 e. The van der Waals surface area contributed by atoms with Crippen molar-refractivity contribution in [3.8, 4) is 11.5 Å². The van der Waals surface area contributed by atoms with Crippen molar-refractivity contribution in [2.75, 3.05) is 13.2 Å². The Hall–Kier alpha value is -2.55. The number of hydrogen-bond acceptors (Lipinski definition) is 3. The molecule has 0 unspecified atom stereocenters. The van der Waals surface area contributed by atoms with Gasteiger partial charge < -0.3 is 9.47 Å². The van der Waals surface area contributed by atoms with Gasteiger partial charge in [0.05, 0.1) is 13.2 Å². The molecule has 2 aromatic rings. The van der Waals surface area contributed by atoms with Crippen LogP contribution >= 0.6 is 0 Å². The number of benzene rings is 2. The van der Waals surface area contributed by atoms with E-state index in [-0.39, 0.29) is 5.78 Å². The number of rotatable bonds is 35. The maximum atomic E-state index is 12.9. The molecule has 50 heavy (non-hydrogen) atoms. The van der Waals surface area contributed by atoms with Crippen molar-refractivity contribution in [3.05, 3.63) is 65.7 Å². The Morgan fingerprint density at radius 1 is 0.460 bits per heavy atom. The summed E-state index contributed by atoms with van der Waals surface area (Å²) in [6, 6.07) is 15.6. The van der Waals surface area contributed by atoms with E-state index in [1.54, 1.807) is 6.08 Å². The van der Waals surface area contributed by atoms with Gasteiger partial charge in [-0.3, -0.25) is 4.79 Å². The van der Waals surface area contributed by atoms with Crippen molar-refractivity contribution < 1.29 is 14.3 Å². The number of carbonyl (C=O) groups is 1. The van der Waals surface area contributed by atoms with Crippen molar-refractivity contribution in [2.45, 2.75) is 194 Å². The number of ether oxygens (including phenoxy) is 2. The molecular weight excluding hydrogens is 613 g/mol. The monoisotopic (exact) mass is 689 g/mol. The van der Waals surface area contributed by atoms with Gasteiger partial charge in [-0.05, 0) is 48.7 Å². The molecule has 0 saturated carbocycles. The normalized spacial score (nSPS) is 11.4. The largest absolute Gasteiger partial charge is 0.494 e. The first kappa shape index (κ1) is 43.6. The van der Waals surface area contributed by atoms with Gasteiger partial charge in [-0.25, -0.2) is 0 Å². The summed E-state index contributed by atoms with van der Waals surface area (Å²) in [6.45, 7) is 6.04. The number of ketones is 1. The maximum absolute atomic E-state index is 12.9. The van der Waals surface area contributed by atoms with Gasteiger partial charge in [0.1, 0.15) is 11.5 Å². The summed E-state index contributed by atoms with van der Waals surface area (Å²) in [6.07, 6.45) is 41.6. The molecule has 0 aliphatic rings. The van der Waals surface area contributed by atoms with Gasteiger partial charge in [0, 0.05) is 5.56 Å². The third kappa shape index (κ3) is 24.6. The molecule has 2 aromatic carbocycles. The predicted molar refractivity (Wildman–Crippen MR) is 218 cm³/mol. The molecule has 0 N–H and O–H groups in total. The molecule has 0 heterocycles. The van der Waals surface area contributed by atoms with Crippen LogP contribution in [-0.4, -0.2) is 19.0 Å². The standard InChI is InChI=1S/C47H76O3/c1-3-5-7-9-11-13-15-17-18-19-20-22-24-26-28-30-41-50-46-33-31-32-44(42-46)47(48)39-36-43-34-37-45(38-35-43)49-40-29-27-25-23-21-16-14-12-10-8-6-4-2/h31-39,42H,3-30,40-41H2,1-2H3/b39-36+. The van der Waals surface area contributed by atoms with Crippen molar-refractivity contribution in [2.24, 2.45) is 0 Å². The Morgan fingerprint density at radius 3 is 1.26 bits per heavy atom. The second kappa shape index (κ2) is 32.4. The van der Waals surface area contributed by atoms with E-state index in [4.69, 9.17) is 9.47 Å². The van der Waals surface area contributed by atoms with E-state index in [0.29, 0.717) is 12.2 Å². The van der Waals surface area contributed by atoms with Gasteiger partial charge in [0.15, 0.2) is 5.78 Å². The highest BCUT2D eigenvalue weighted by Gasteiger charge is 2.05. The molecular formula is C47H76O3. The van der Waals surface area contributed by atoms with Crippen LogP contribution in [0, 0.1) is 0 Å². The fourth-order valence-corrected chi connectivity index (χ4v) is 6.66. The van der Waals surface area contributed by atoms with Crippen LogP contribution in [0.2, 0.25) is 0 Å². The molecule has 0 atom stereocenters. The van der Waals surface area contributed by atoms with Crippen molar-refractivity contribution >= 4 is 11.9 Å². The first-order chi connectivity index (χ1) is 24.7. The predicted octanol–water partition coefficient (Wildman–Crippen LogP) is 15.3. The highest BCUT2D eigenvalue weighted by molar-refractivity contribution is 6.07. The van der Waals surface area contributed by atoms with Gasteiger partial charge in [0.2, 0.25) is 0 Å². The molecule has 0 bridgehead atoms. The molecule has 0 spiro atoms. The fourth-order valence-electron chi connectivity index (χ4n) is 6.66. The summed E-state index contributed by atoms with van der Waals surface area (Å²) in [5.41, 5.74) is 1.65. The van der Waals surface area contributed by atoms with E-state index in [2.05, 4.69) is 13.8 Å². The van der Waals surface area contributed by atoms with Gasteiger partial charge in [0.25, 0.3) is 0 Å². The molecule has 0 radical (unpaired) electrons. The van der Waals surface area contributed by atoms with E-state index in [1.807, 2.05) is 54.6 Å². The van der Waals surface area contributed by atoms with Crippen molar-refractivity contribution in [1.82, 2.24) is 0 Å². The average Bonchev–Trinajstić information content (AvgIpc) is 3.14. The lowest BCUT2D eigenvalue weighted by Gasteiger charge is -2.07. The minimum Gasteiger partial charge on any atom is -0.494 e. The smallest absolute Gasteiger partial charge is 0.185 e. The fraction of sp³-hybridized carbons (Fsp3) is 0.681. The van der Waals surface area contributed by atoms with Gasteiger partial charge >= 0.3 is 0 Å². The Balaban J connectivity index is 1.47. The lowest BCUT2D eigenvalue weighted by Crippen LogP contribution is -2.00. The molecule has 0 aliphatic carbocycles. The third-order valence-electron chi connectivity index (χ3n) is 9.96.